The van der Waals surface area contributed by atoms with Gasteiger partial charge in [0.05, 0.1) is 6.42 Å². The largest absolute Gasteiger partial charge is 0.462 e. The second-order valence-corrected chi connectivity index (χ2v) is 18.1. The molecule has 0 aliphatic heterocycles. The maximum Gasteiger partial charge on any atom is 0.309 e. The summed E-state index contributed by atoms with van der Waals surface area (Å²) in [5, 5.41) is 0. The number of hydrogen-bond acceptors (Lipinski definition) is 6. The molecule has 0 N–H and O–H groups in total. The number of rotatable bonds is 49. The van der Waals surface area contributed by atoms with Crippen molar-refractivity contribution in [3.8, 4) is 0 Å². The zero-order valence-electron chi connectivity index (χ0n) is 45.0. The van der Waals surface area contributed by atoms with Gasteiger partial charge in [-0.3, -0.25) is 14.4 Å². The average Bonchev–Trinajstić information content (AvgIpc) is 3.36. The Labute approximate surface area is 430 Å². The summed E-state index contributed by atoms with van der Waals surface area (Å²) >= 11 is 0. The van der Waals surface area contributed by atoms with E-state index in [0.29, 0.717) is 12.8 Å². The summed E-state index contributed by atoms with van der Waals surface area (Å²) in [6, 6.07) is 0. The van der Waals surface area contributed by atoms with E-state index in [-0.39, 0.29) is 31.6 Å². The number of carbonyl (C=O) groups excluding carboxylic acids is 3. The molecule has 0 rings (SSSR count). The van der Waals surface area contributed by atoms with E-state index in [0.717, 1.165) is 109 Å². The van der Waals surface area contributed by atoms with E-state index < -0.39 is 12.1 Å². The van der Waals surface area contributed by atoms with E-state index in [4.69, 9.17) is 14.2 Å². The van der Waals surface area contributed by atoms with Crippen LogP contribution in [0, 0.1) is 0 Å². The molecule has 0 spiro atoms. The summed E-state index contributed by atoms with van der Waals surface area (Å²) in [4.78, 5) is 38.1. The van der Waals surface area contributed by atoms with Crippen LogP contribution in [0.1, 0.15) is 233 Å². The summed E-state index contributed by atoms with van der Waals surface area (Å²) in [6.07, 6.45) is 80.4. The highest BCUT2D eigenvalue weighted by atomic mass is 16.6. The van der Waals surface area contributed by atoms with Crippen molar-refractivity contribution in [3.63, 3.8) is 0 Å². The second-order valence-electron chi connectivity index (χ2n) is 18.1. The molecule has 0 heterocycles. The van der Waals surface area contributed by atoms with E-state index in [1.54, 1.807) is 6.08 Å². The van der Waals surface area contributed by atoms with Crippen molar-refractivity contribution in [3.05, 3.63) is 134 Å². The number of ether oxygens (including phenoxy) is 3. The number of hydrogen-bond donors (Lipinski definition) is 0. The van der Waals surface area contributed by atoms with Crippen LogP contribution < -0.4 is 0 Å². The Balaban J connectivity index is 4.57. The smallest absolute Gasteiger partial charge is 0.309 e. The first-order valence-corrected chi connectivity index (χ1v) is 28.2. The van der Waals surface area contributed by atoms with Gasteiger partial charge in [0, 0.05) is 12.8 Å². The van der Waals surface area contributed by atoms with Gasteiger partial charge in [-0.25, -0.2) is 0 Å². The molecule has 0 saturated heterocycles. The second kappa shape index (κ2) is 57.1. The van der Waals surface area contributed by atoms with Crippen molar-refractivity contribution in [2.45, 2.75) is 239 Å². The molecule has 0 aromatic carbocycles. The molecule has 6 nitrogen and oxygen atoms in total. The van der Waals surface area contributed by atoms with Crippen LogP contribution in [0.3, 0.4) is 0 Å². The molecule has 0 amide bonds. The number of esters is 3. The average molecular weight is 968 g/mol. The molecule has 0 aromatic heterocycles. The fraction of sp³-hybridized carbons (Fsp3) is 0.609. The van der Waals surface area contributed by atoms with Crippen LogP contribution in [-0.2, 0) is 28.6 Å². The first-order valence-electron chi connectivity index (χ1n) is 28.2. The van der Waals surface area contributed by atoms with Crippen LogP contribution in [0.4, 0.5) is 0 Å². The third-order valence-corrected chi connectivity index (χ3v) is 11.4. The van der Waals surface area contributed by atoms with Gasteiger partial charge < -0.3 is 14.2 Å². The molecule has 0 radical (unpaired) electrons. The number of carbonyl (C=O) groups is 3. The van der Waals surface area contributed by atoms with E-state index in [2.05, 4.69) is 142 Å². The van der Waals surface area contributed by atoms with Crippen molar-refractivity contribution < 1.29 is 28.6 Å². The summed E-state index contributed by atoms with van der Waals surface area (Å²) in [6.45, 7) is 6.28. The van der Waals surface area contributed by atoms with Crippen LogP contribution in [0.5, 0.6) is 0 Å². The maximum atomic E-state index is 12.9. The Kier molecular flexibility index (Phi) is 53.5. The lowest BCUT2D eigenvalue weighted by Crippen LogP contribution is -2.30. The van der Waals surface area contributed by atoms with Crippen molar-refractivity contribution in [1.29, 1.82) is 0 Å². The van der Waals surface area contributed by atoms with E-state index in [1.807, 2.05) is 6.08 Å². The molecule has 0 fully saturated rings. The maximum absolute atomic E-state index is 12.9. The van der Waals surface area contributed by atoms with E-state index in [1.165, 1.54) is 83.5 Å². The fourth-order valence-corrected chi connectivity index (χ4v) is 7.24. The Bertz CT molecular complexity index is 1530. The lowest BCUT2D eigenvalue weighted by molar-refractivity contribution is -0.166. The van der Waals surface area contributed by atoms with E-state index >= 15 is 0 Å². The molecule has 1 unspecified atom stereocenters. The summed E-state index contributed by atoms with van der Waals surface area (Å²) in [5.74, 6) is -1.10. The normalized spacial score (nSPS) is 13.1. The van der Waals surface area contributed by atoms with Crippen LogP contribution in [0.15, 0.2) is 134 Å². The van der Waals surface area contributed by atoms with Gasteiger partial charge in [-0.15, -0.1) is 0 Å². The highest BCUT2D eigenvalue weighted by Gasteiger charge is 2.19. The van der Waals surface area contributed by atoms with Gasteiger partial charge in [-0.05, 0) is 116 Å². The van der Waals surface area contributed by atoms with E-state index in [9.17, 15) is 14.4 Å². The Morgan fingerprint density at radius 3 is 1.03 bits per heavy atom. The lowest BCUT2D eigenvalue weighted by atomic mass is 10.1. The van der Waals surface area contributed by atoms with Gasteiger partial charge in [-0.1, -0.05) is 231 Å². The van der Waals surface area contributed by atoms with Gasteiger partial charge in [0.25, 0.3) is 0 Å². The third-order valence-electron chi connectivity index (χ3n) is 11.4. The molecular formula is C64H102O6. The van der Waals surface area contributed by atoms with Gasteiger partial charge in [0.1, 0.15) is 13.2 Å². The fourth-order valence-electron chi connectivity index (χ4n) is 7.24. The molecule has 0 aliphatic rings. The first-order chi connectivity index (χ1) is 34.5. The Hall–Kier alpha value is -4.45. The first kappa shape index (κ1) is 65.5. The van der Waals surface area contributed by atoms with Crippen LogP contribution >= 0.6 is 0 Å². The molecule has 0 bridgehead atoms. The molecule has 0 aliphatic carbocycles. The van der Waals surface area contributed by atoms with Crippen molar-refractivity contribution >= 4 is 17.9 Å². The zero-order chi connectivity index (χ0) is 50.7. The van der Waals surface area contributed by atoms with Crippen LogP contribution in [0.25, 0.3) is 0 Å². The lowest BCUT2D eigenvalue weighted by Gasteiger charge is -2.18. The summed E-state index contributed by atoms with van der Waals surface area (Å²) < 4.78 is 16.7. The topological polar surface area (TPSA) is 78.9 Å². The molecule has 6 heteroatoms. The molecule has 394 valence electrons. The third kappa shape index (κ3) is 54.5. The minimum Gasteiger partial charge on any atom is -0.462 e. The van der Waals surface area contributed by atoms with Crippen molar-refractivity contribution in [1.82, 2.24) is 0 Å². The highest BCUT2D eigenvalue weighted by Crippen LogP contribution is 2.13. The molecule has 70 heavy (non-hydrogen) atoms. The zero-order valence-corrected chi connectivity index (χ0v) is 45.0. The van der Waals surface area contributed by atoms with Gasteiger partial charge >= 0.3 is 17.9 Å². The quantitative estimate of drug-likeness (QED) is 0.0262. The highest BCUT2D eigenvalue weighted by molar-refractivity contribution is 5.72. The minimum absolute atomic E-state index is 0.115. The SMILES string of the molecule is CC/C=C\C/C=C\C/C=C\C/C=C\C/C=C\CCCCCC(=O)OCC(COC(=O)C/C=C\C/C=C\C/C=C\C/C=C\C/C=C\CC)OC(=O)CCCCCCCCC/C=C\CCCCCCCCC. The Morgan fingerprint density at radius 2 is 0.614 bits per heavy atom. The summed E-state index contributed by atoms with van der Waals surface area (Å²) in [7, 11) is 0. The van der Waals surface area contributed by atoms with Crippen molar-refractivity contribution in [2.24, 2.45) is 0 Å². The van der Waals surface area contributed by atoms with Crippen LogP contribution in [-0.4, -0.2) is 37.2 Å². The van der Waals surface area contributed by atoms with Crippen molar-refractivity contribution in [2.75, 3.05) is 13.2 Å². The predicted molar refractivity (Wildman–Crippen MR) is 302 cm³/mol. The van der Waals surface area contributed by atoms with Crippen LogP contribution in [0.2, 0.25) is 0 Å². The number of allylic oxidation sites excluding steroid dienone is 21. The molecule has 0 aromatic rings. The predicted octanol–water partition coefficient (Wildman–Crippen LogP) is 19.0. The standard InChI is InChI=1S/C64H102O6/c1-4-7-10-13-16-19-22-25-28-30-32-34-36-39-42-45-48-51-54-57-63(66)69-60-61(59-68-62(65)56-53-50-47-44-41-38-35-27-24-21-18-15-12-9-6-3)70-64(67)58-55-52-49-46-43-40-37-33-31-29-26-23-20-17-14-11-8-5-2/h7,9-10,12,16,18-19,21,25,27-29,31-32,34-35,39,41-42,44,50,53,61H,4-6,8,11,13-15,17,20,22-24,26,30,33,36-38,40,43,45-49,51-52,54-60H2,1-3H3/b10-7-,12-9-,19-16-,21-18-,28-25-,31-29-,34-32-,35-27-,42-39-,44-41-,53-50-. The van der Waals surface area contributed by atoms with Gasteiger partial charge in [-0.2, -0.15) is 0 Å². The molecular weight excluding hydrogens is 865 g/mol. The summed E-state index contributed by atoms with van der Waals surface area (Å²) in [5.41, 5.74) is 0. The molecule has 0 saturated carbocycles. The van der Waals surface area contributed by atoms with Gasteiger partial charge in [0.2, 0.25) is 0 Å². The number of unbranched alkanes of at least 4 members (excludes halogenated alkanes) is 17. The Morgan fingerprint density at radius 1 is 0.314 bits per heavy atom. The molecule has 1 atom stereocenters. The monoisotopic (exact) mass is 967 g/mol. The van der Waals surface area contributed by atoms with Gasteiger partial charge in [0.15, 0.2) is 6.10 Å². The minimum atomic E-state index is -0.839.